The summed E-state index contributed by atoms with van der Waals surface area (Å²) in [7, 11) is 0. The van der Waals surface area contributed by atoms with E-state index >= 15 is 0 Å². The van der Waals surface area contributed by atoms with Crippen molar-refractivity contribution in [3.8, 4) is 11.6 Å². The van der Waals surface area contributed by atoms with E-state index in [9.17, 15) is 0 Å². The quantitative estimate of drug-likeness (QED) is 0.798. The lowest BCUT2D eigenvalue weighted by Crippen LogP contribution is -1.86. The summed E-state index contributed by atoms with van der Waals surface area (Å²) in [5.41, 5.74) is 0. The van der Waals surface area contributed by atoms with Gasteiger partial charge in [-0.2, -0.15) is 0 Å². The minimum Gasteiger partial charge on any atom is -0.439 e. The number of halogens is 1. The summed E-state index contributed by atoms with van der Waals surface area (Å²) >= 11 is 3.31. The Morgan fingerprint density at radius 1 is 1.00 bits per heavy atom. The lowest BCUT2D eigenvalue weighted by atomic mass is 10.3. The Hall–Kier alpha value is -1.35. The van der Waals surface area contributed by atoms with Crippen LogP contribution in [0.1, 0.15) is 13.8 Å². The molecule has 0 fully saturated rings. The maximum Gasteiger partial charge on any atom is 0.219 e. The molecule has 1 heterocycles. The number of para-hydroxylation sites is 1. The van der Waals surface area contributed by atoms with E-state index < -0.39 is 0 Å². The van der Waals surface area contributed by atoms with E-state index in [2.05, 4.69) is 20.9 Å². The van der Waals surface area contributed by atoms with Gasteiger partial charge in [0.15, 0.2) is 0 Å². The fourth-order valence-corrected chi connectivity index (χ4v) is 1.27. The lowest BCUT2D eigenvalue weighted by Gasteiger charge is -2.03. The molecule has 3 heteroatoms. The van der Waals surface area contributed by atoms with Crippen molar-refractivity contribution in [1.29, 1.82) is 0 Å². The Kier molecular flexibility index (Phi) is 5.57. The van der Waals surface area contributed by atoms with Crippen LogP contribution in [0.15, 0.2) is 53.1 Å². The normalized spacial score (nSPS) is 8.94. The second-order valence-corrected chi connectivity index (χ2v) is 3.65. The van der Waals surface area contributed by atoms with Crippen molar-refractivity contribution in [3.63, 3.8) is 0 Å². The van der Waals surface area contributed by atoms with Crippen LogP contribution in [0.4, 0.5) is 0 Å². The first kappa shape index (κ1) is 12.7. The molecule has 0 amide bonds. The van der Waals surface area contributed by atoms with Gasteiger partial charge in [-0.05, 0) is 34.1 Å². The minimum atomic E-state index is 0.597. The number of pyridine rings is 1. The summed E-state index contributed by atoms with van der Waals surface area (Å²) in [5, 5.41) is 0. The highest BCUT2D eigenvalue weighted by Gasteiger charge is 1.96. The van der Waals surface area contributed by atoms with Crippen molar-refractivity contribution in [1.82, 2.24) is 4.98 Å². The molecule has 0 saturated heterocycles. The molecule has 0 aliphatic heterocycles. The van der Waals surface area contributed by atoms with Gasteiger partial charge in [0.1, 0.15) is 5.75 Å². The highest BCUT2D eigenvalue weighted by atomic mass is 79.9. The average Bonchev–Trinajstić information content (AvgIpc) is 2.36. The third kappa shape index (κ3) is 4.03. The Balaban J connectivity index is 0.000000606. The number of nitrogens with zero attached hydrogens (tertiary/aromatic N) is 1. The number of ether oxygens (including phenoxy) is 1. The van der Waals surface area contributed by atoms with Gasteiger partial charge in [0.2, 0.25) is 5.88 Å². The number of hydrogen-bond acceptors (Lipinski definition) is 2. The smallest absolute Gasteiger partial charge is 0.219 e. The first-order valence-corrected chi connectivity index (χ1v) is 5.98. The molecular formula is C13H14BrNO. The van der Waals surface area contributed by atoms with Crippen molar-refractivity contribution in [2.24, 2.45) is 0 Å². The van der Waals surface area contributed by atoms with Gasteiger partial charge in [-0.3, -0.25) is 0 Å². The SMILES string of the molecule is Brc1ccc(Oc2ccccc2)nc1.CC. The van der Waals surface area contributed by atoms with Crippen LogP contribution in [0.3, 0.4) is 0 Å². The largest absolute Gasteiger partial charge is 0.439 e. The van der Waals surface area contributed by atoms with Gasteiger partial charge in [-0.1, -0.05) is 32.0 Å². The molecule has 2 nitrogen and oxygen atoms in total. The van der Waals surface area contributed by atoms with E-state index in [4.69, 9.17) is 4.74 Å². The summed E-state index contributed by atoms with van der Waals surface area (Å²) in [6, 6.07) is 13.3. The molecule has 0 bridgehead atoms. The molecule has 84 valence electrons. The maximum atomic E-state index is 5.50. The van der Waals surface area contributed by atoms with Gasteiger partial charge in [0.05, 0.1) is 0 Å². The Morgan fingerprint density at radius 2 is 1.69 bits per heavy atom. The van der Waals surface area contributed by atoms with Crippen LogP contribution in [0.5, 0.6) is 11.6 Å². The molecule has 0 spiro atoms. The molecule has 0 aliphatic rings. The van der Waals surface area contributed by atoms with Crippen LogP contribution in [0.2, 0.25) is 0 Å². The van der Waals surface area contributed by atoms with Crippen molar-refractivity contribution in [3.05, 3.63) is 53.1 Å². The third-order valence-corrected chi connectivity index (χ3v) is 2.13. The summed E-state index contributed by atoms with van der Waals surface area (Å²) < 4.78 is 6.44. The zero-order valence-electron chi connectivity index (χ0n) is 9.35. The van der Waals surface area contributed by atoms with E-state index in [1.54, 1.807) is 6.20 Å². The summed E-state index contributed by atoms with van der Waals surface area (Å²) in [4.78, 5) is 4.10. The highest BCUT2D eigenvalue weighted by Crippen LogP contribution is 2.19. The molecule has 0 saturated carbocycles. The predicted molar refractivity (Wildman–Crippen MR) is 69.8 cm³/mol. The van der Waals surface area contributed by atoms with Crippen molar-refractivity contribution in [2.45, 2.75) is 13.8 Å². The molecule has 0 radical (unpaired) electrons. The van der Waals surface area contributed by atoms with E-state index in [-0.39, 0.29) is 0 Å². The lowest BCUT2D eigenvalue weighted by molar-refractivity contribution is 0.463. The molecule has 0 unspecified atom stereocenters. The molecule has 0 aliphatic carbocycles. The zero-order valence-corrected chi connectivity index (χ0v) is 10.9. The second-order valence-electron chi connectivity index (χ2n) is 2.73. The van der Waals surface area contributed by atoms with Gasteiger partial charge in [-0.15, -0.1) is 0 Å². The predicted octanol–water partition coefficient (Wildman–Crippen LogP) is 4.66. The van der Waals surface area contributed by atoms with Gasteiger partial charge in [0.25, 0.3) is 0 Å². The zero-order chi connectivity index (χ0) is 11.8. The highest BCUT2D eigenvalue weighted by molar-refractivity contribution is 9.10. The minimum absolute atomic E-state index is 0.597. The van der Waals surface area contributed by atoms with E-state index in [0.717, 1.165) is 10.2 Å². The number of rotatable bonds is 2. The standard InChI is InChI=1S/C11H8BrNO.C2H6/c12-9-6-7-11(13-8-9)14-10-4-2-1-3-5-10;1-2/h1-8H;1-2H3. The fraction of sp³-hybridized carbons (Fsp3) is 0.154. The van der Waals surface area contributed by atoms with Crippen LogP contribution in [0, 0.1) is 0 Å². The molecule has 16 heavy (non-hydrogen) atoms. The Morgan fingerprint density at radius 3 is 2.25 bits per heavy atom. The molecule has 0 atom stereocenters. The van der Waals surface area contributed by atoms with Crippen LogP contribution >= 0.6 is 15.9 Å². The molecule has 2 aromatic rings. The van der Waals surface area contributed by atoms with E-state index in [0.29, 0.717) is 5.88 Å². The van der Waals surface area contributed by atoms with Gasteiger partial charge >= 0.3 is 0 Å². The first-order chi connectivity index (χ1) is 7.84. The average molecular weight is 280 g/mol. The van der Waals surface area contributed by atoms with Gasteiger partial charge < -0.3 is 4.74 Å². The van der Waals surface area contributed by atoms with Crippen LogP contribution in [0.25, 0.3) is 0 Å². The van der Waals surface area contributed by atoms with Gasteiger partial charge in [0, 0.05) is 16.7 Å². The van der Waals surface area contributed by atoms with E-state index in [1.165, 1.54) is 0 Å². The summed E-state index contributed by atoms with van der Waals surface area (Å²) in [6.07, 6.45) is 1.71. The third-order valence-electron chi connectivity index (χ3n) is 1.67. The number of benzene rings is 1. The maximum absolute atomic E-state index is 5.50. The second kappa shape index (κ2) is 7.01. The fourth-order valence-electron chi connectivity index (χ4n) is 1.03. The monoisotopic (exact) mass is 279 g/mol. The van der Waals surface area contributed by atoms with Crippen molar-refractivity contribution < 1.29 is 4.74 Å². The van der Waals surface area contributed by atoms with Crippen molar-refractivity contribution in [2.75, 3.05) is 0 Å². The summed E-state index contributed by atoms with van der Waals surface area (Å²) in [5.74, 6) is 1.39. The van der Waals surface area contributed by atoms with Gasteiger partial charge in [-0.25, -0.2) is 4.98 Å². The molecule has 1 aromatic heterocycles. The van der Waals surface area contributed by atoms with Crippen LogP contribution in [-0.4, -0.2) is 4.98 Å². The molecular weight excluding hydrogens is 266 g/mol. The molecule has 1 aromatic carbocycles. The topological polar surface area (TPSA) is 22.1 Å². The molecule has 2 rings (SSSR count). The Bertz CT molecular complexity index is 400. The van der Waals surface area contributed by atoms with Crippen LogP contribution in [-0.2, 0) is 0 Å². The number of hydrogen-bond donors (Lipinski definition) is 0. The van der Waals surface area contributed by atoms with Crippen molar-refractivity contribution >= 4 is 15.9 Å². The number of aromatic nitrogens is 1. The van der Waals surface area contributed by atoms with Crippen LogP contribution < -0.4 is 4.74 Å². The first-order valence-electron chi connectivity index (χ1n) is 5.19. The Labute approximate surface area is 104 Å². The van der Waals surface area contributed by atoms with E-state index in [1.807, 2.05) is 56.3 Å². The molecule has 0 N–H and O–H groups in total. The summed E-state index contributed by atoms with van der Waals surface area (Å²) in [6.45, 7) is 4.00.